The van der Waals surface area contributed by atoms with Crippen LogP contribution in [0, 0.1) is 0 Å². The van der Waals surface area contributed by atoms with Gasteiger partial charge in [0.05, 0.1) is 5.02 Å². The van der Waals surface area contributed by atoms with Gasteiger partial charge in [0.15, 0.2) is 0 Å². The van der Waals surface area contributed by atoms with Gasteiger partial charge in [0.2, 0.25) is 0 Å². The van der Waals surface area contributed by atoms with Crippen molar-refractivity contribution in [1.82, 2.24) is 10.2 Å². The van der Waals surface area contributed by atoms with Crippen molar-refractivity contribution in [3.63, 3.8) is 0 Å². The van der Waals surface area contributed by atoms with Crippen LogP contribution in [0.5, 0.6) is 0 Å². The Balaban J connectivity index is 1.63. The van der Waals surface area contributed by atoms with Gasteiger partial charge >= 0.3 is 0 Å². The highest BCUT2D eigenvalue weighted by Crippen LogP contribution is 2.25. The lowest BCUT2D eigenvalue weighted by Gasteiger charge is -2.14. The summed E-state index contributed by atoms with van der Waals surface area (Å²) in [7, 11) is -3.90. The van der Waals surface area contributed by atoms with E-state index < -0.39 is 10.0 Å². The zero-order valence-electron chi connectivity index (χ0n) is 15.5. The van der Waals surface area contributed by atoms with Crippen LogP contribution in [0.3, 0.4) is 0 Å². The first-order chi connectivity index (χ1) is 13.5. The SMILES string of the molecule is O=C(NCCCN1CCCC1)c1ccc(Cl)c(S(=O)(=O)Nc2ccccc2)c1. The van der Waals surface area contributed by atoms with Gasteiger partial charge in [-0.1, -0.05) is 29.8 Å². The molecule has 2 aromatic carbocycles. The molecular formula is C20H24ClN3O3S. The highest BCUT2D eigenvalue weighted by atomic mass is 35.5. The number of hydrogen-bond donors (Lipinski definition) is 2. The van der Waals surface area contributed by atoms with Crippen molar-refractivity contribution in [2.45, 2.75) is 24.2 Å². The average molecular weight is 422 g/mol. The van der Waals surface area contributed by atoms with Gasteiger partial charge in [0.1, 0.15) is 4.90 Å². The normalized spacial score (nSPS) is 14.8. The van der Waals surface area contributed by atoms with Gasteiger partial charge in [-0.3, -0.25) is 9.52 Å². The summed E-state index contributed by atoms with van der Waals surface area (Å²) >= 11 is 6.09. The molecule has 1 aliphatic rings. The lowest BCUT2D eigenvalue weighted by Crippen LogP contribution is -2.28. The third-order valence-corrected chi connectivity index (χ3v) is 6.51. The van der Waals surface area contributed by atoms with Crippen LogP contribution in [-0.2, 0) is 10.0 Å². The first kappa shape index (κ1) is 20.6. The number of nitrogens with one attached hydrogen (secondary N) is 2. The minimum Gasteiger partial charge on any atom is -0.352 e. The lowest BCUT2D eigenvalue weighted by atomic mass is 10.2. The highest BCUT2D eigenvalue weighted by molar-refractivity contribution is 7.92. The Morgan fingerprint density at radius 3 is 2.50 bits per heavy atom. The molecule has 2 aromatic rings. The molecule has 0 bridgehead atoms. The van der Waals surface area contributed by atoms with Gasteiger partial charge in [-0.25, -0.2) is 8.42 Å². The Morgan fingerprint density at radius 1 is 1.07 bits per heavy atom. The zero-order valence-corrected chi connectivity index (χ0v) is 17.1. The number of likely N-dealkylation sites (tertiary alicyclic amines) is 1. The first-order valence-electron chi connectivity index (χ1n) is 9.34. The molecule has 0 unspecified atom stereocenters. The van der Waals surface area contributed by atoms with Crippen LogP contribution < -0.4 is 10.0 Å². The number of para-hydroxylation sites is 1. The maximum absolute atomic E-state index is 12.7. The molecule has 6 nitrogen and oxygen atoms in total. The Labute approximate surface area is 170 Å². The van der Waals surface area contributed by atoms with E-state index in [9.17, 15) is 13.2 Å². The van der Waals surface area contributed by atoms with Gasteiger partial charge in [0.25, 0.3) is 15.9 Å². The van der Waals surface area contributed by atoms with Crippen LogP contribution in [-0.4, -0.2) is 45.4 Å². The second-order valence-corrected chi connectivity index (χ2v) is 8.83. The molecule has 0 spiro atoms. The van der Waals surface area contributed by atoms with Gasteiger partial charge in [0, 0.05) is 17.8 Å². The summed E-state index contributed by atoms with van der Waals surface area (Å²) < 4.78 is 27.8. The summed E-state index contributed by atoms with van der Waals surface area (Å²) in [5.74, 6) is -0.311. The first-order valence-corrected chi connectivity index (χ1v) is 11.2. The third-order valence-electron chi connectivity index (χ3n) is 4.64. The average Bonchev–Trinajstić information content (AvgIpc) is 3.19. The van der Waals surface area contributed by atoms with E-state index in [1.54, 1.807) is 30.3 Å². The molecule has 28 heavy (non-hydrogen) atoms. The van der Waals surface area contributed by atoms with Crippen molar-refractivity contribution in [2.24, 2.45) is 0 Å². The van der Waals surface area contributed by atoms with E-state index >= 15 is 0 Å². The molecule has 1 amide bonds. The largest absolute Gasteiger partial charge is 0.352 e. The van der Waals surface area contributed by atoms with E-state index in [-0.39, 0.29) is 21.4 Å². The van der Waals surface area contributed by atoms with Crippen molar-refractivity contribution in [1.29, 1.82) is 0 Å². The maximum atomic E-state index is 12.7. The predicted octanol–water partition coefficient (Wildman–Crippen LogP) is 3.36. The summed E-state index contributed by atoms with van der Waals surface area (Å²) in [4.78, 5) is 14.7. The molecule has 1 fully saturated rings. The number of halogens is 1. The van der Waals surface area contributed by atoms with E-state index in [0.717, 1.165) is 26.1 Å². The maximum Gasteiger partial charge on any atom is 0.263 e. The molecule has 1 saturated heterocycles. The Hall–Kier alpha value is -2.09. The lowest BCUT2D eigenvalue weighted by molar-refractivity contribution is 0.0952. The van der Waals surface area contributed by atoms with Crippen molar-refractivity contribution in [3.05, 3.63) is 59.1 Å². The third kappa shape index (κ3) is 5.47. The number of carbonyl (C=O) groups excluding carboxylic acids is 1. The standard InChI is InChI=1S/C20H24ClN3O3S/c21-18-10-9-16(20(25)22-11-6-14-24-12-4-5-13-24)15-19(18)28(26,27)23-17-7-2-1-3-8-17/h1-3,7-10,15,23H,4-6,11-14H2,(H,22,25). The van der Waals surface area contributed by atoms with Gasteiger partial charge < -0.3 is 10.2 Å². The van der Waals surface area contributed by atoms with Crippen LogP contribution in [0.1, 0.15) is 29.6 Å². The molecule has 3 rings (SSSR count). The van der Waals surface area contributed by atoms with Crippen LogP contribution in [0.4, 0.5) is 5.69 Å². The summed E-state index contributed by atoms with van der Waals surface area (Å²) in [6, 6.07) is 12.8. The second-order valence-electron chi connectivity index (χ2n) is 6.77. The summed E-state index contributed by atoms with van der Waals surface area (Å²) in [6.07, 6.45) is 3.34. The molecule has 1 aliphatic heterocycles. The predicted molar refractivity (Wildman–Crippen MR) is 111 cm³/mol. The Morgan fingerprint density at radius 2 is 1.79 bits per heavy atom. The summed E-state index contributed by atoms with van der Waals surface area (Å²) in [6.45, 7) is 3.76. The number of nitrogens with zero attached hydrogens (tertiary/aromatic N) is 1. The van der Waals surface area contributed by atoms with Gasteiger partial charge in [-0.15, -0.1) is 0 Å². The summed E-state index contributed by atoms with van der Waals surface area (Å²) in [5, 5.41) is 2.91. The van der Waals surface area contributed by atoms with Crippen LogP contribution >= 0.6 is 11.6 Å². The molecular weight excluding hydrogens is 398 g/mol. The van der Waals surface area contributed by atoms with E-state index in [4.69, 9.17) is 11.6 Å². The van der Waals surface area contributed by atoms with E-state index in [0.29, 0.717) is 12.2 Å². The molecule has 1 heterocycles. The van der Waals surface area contributed by atoms with Gasteiger partial charge in [-0.05, 0) is 69.2 Å². The van der Waals surface area contributed by atoms with E-state index in [2.05, 4.69) is 14.9 Å². The second kappa shape index (κ2) is 9.41. The zero-order chi connectivity index (χ0) is 20.0. The number of carbonyl (C=O) groups is 1. The van der Waals surface area contributed by atoms with Crippen molar-refractivity contribution in [3.8, 4) is 0 Å². The number of amides is 1. The molecule has 0 saturated carbocycles. The molecule has 8 heteroatoms. The van der Waals surface area contributed by atoms with E-state index in [1.165, 1.54) is 31.0 Å². The topological polar surface area (TPSA) is 78.5 Å². The van der Waals surface area contributed by atoms with Gasteiger partial charge in [-0.2, -0.15) is 0 Å². The molecule has 0 aliphatic carbocycles. The quantitative estimate of drug-likeness (QED) is 0.640. The molecule has 0 aromatic heterocycles. The minimum atomic E-state index is -3.90. The van der Waals surface area contributed by atoms with E-state index in [1.807, 2.05) is 0 Å². The number of rotatable bonds is 8. The van der Waals surface area contributed by atoms with Crippen molar-refractivity contribution < 1.29 is 13.2 Å². The fourth-order valence-electron chi connectivity index (χ4n) is 3.18. The fraction of sp³-hybridized carbons (Fsp3) is 0.350. The van der Waals surface area contributed by atoms with Crippen molar-refractivity contribution >= 4 is 33.2 Å². The monoisotopic (exact) mass is 421 g/mol. The number of anilines is 1. The summed E-state index contributed by atoms with van der Waals surface area (Å²) in [5.41, 5.74) is 0.689. The Bertz CT molecular complexity index is 914. The van der Waals surface area contributed by atoms with Crippen molar-refractivity contribution in [2.75, 3.05) is 30.9 Å². The molecule has 2 N–H and O–H groups in total. The molecule has 150 valence electrons. The highest BCUT2D eigenvalue weighted by Gasteiger charge is 2.20. The number of benzene rings is 2. The molecule has 0 atom stereocenters. The number of sulfonamides is 1. The van der Waals surface area contributed by atoms with Crippen LogP contribution in [0.15, 0.2) is 53.4 Å². The van der Waals surface area contributed by atoms with Crippen LogP contribution in [0.2, 0.25) is 5.02 Å². The minimum absolute atomic E-state index is 0.0639. The number of hydrogen-bond acceptors (Lipinski definition) is 4. The smallest absolute Gasteiger partial charge is 0.263 e. The molecule has 0 radical (unpaired) electrons. The fourth-order valence-corrected chi connectivity index (χ4v) is 4.77. The Kier molecular flexibility index (Phi) is 6.93. The van der Waals surface area contributed by atoms with Crippen LogP contribution in [0.25, 0.3) is 0 Å².